The Bertz CT molecular complexity index is 567. The minimum absolute atomic E-state index is 0.0302. The summed E-state index contributed by atoms with van der Waals surface area (Å²) in [5.41, 5.74) is 0.0302. The average molecular weight is 331 g/mol. The van der Waals surface area contributed by atoms with Crippen molar-refractivity contribution in [3.8, 4) is 5.75 Å². The molecular formula is C15H16F3NO4. The van der Waals surface area contributed by atoms with E-state index < -0.39 is 30.6 Å². The van der Waals surface area contributed by atoms with Gasteiger partial charge in [0.15, 0.2) is 6.61 Å². The maximum atomic E-state index is 12.0. The van der Waals surface area contributed by atoms with E-state index in [0.29, 0.717) is 5.92 Å². The van der Waals surface area contributed by atoms with Crippen molar-refractivity contribution in [3.63, 3.8) is 0 Å². The van der Waals surface area contributed by atoms with Crippen LogP contribution in [-0.2, 0) is 9.53 Å². The molecule has 5 nitrogen and oxygen atoms in total. The van der Waals surface area contributed by atoms with Crippen LogP contribution in [0.15, 0.2) is 24.3 Å². The number of benzene rings is 1. The van der Waals surface area contributed by atoms with Crippen molar-refractivity contribution < 1.29 is 32.2 Å². The first-order chi connectivity index (χ1) is 10.7. The van der Waals surface area contributed by atoms with Gasteiger partial charge in [-0.15, -0.1) is 13.2 Å². The van der Waals surface area contributed by atoms with Crippen molar-refractivity contribution in [1.29, 1.82) is 0 Å². The minimum Gasteiger partial charge on any atom is -0.452 e. The number of alkyl halides is 3. The lowest BCUT2D eigenvalue weighted by atomic mass is 10.2. The Labute approximate surface area is 130 Å². The number of carbonyl (C=O) groups is 2. The van der Waals surface area contributed by atoms with Gasteiger partial charge in [-0.1, -0.05) is 0 Å². The molecule has 1 atom stereocenters. The summed E-state index contributed by atoms with van der Waals surface area (Å²) in [6.07, 6.45) is -2.64. The molecule has 23 heavy (non-hydrogen) atoms. The second kappa shape index (κ2) is 6.89. The van der Waals surface area contributed by atoms with Gasteiger partial charge in [-0.25, -0.2) is 4.79 Å². The van der Waals surface area contributed by atoms with Gasteiger partial charge in [-0.3, -0.25) is 4.79 Å². The highest BCUT2D eigenvalue weighted by Crippen LogP contribution is 2.32. The van der Waals surface area contributed by atoms with Crippen molar-refractivity contribution in [1.82, 2.24) is 5.32 Å². The summed E-state index contributed by atoms with van der Waals surface area (Å²) < 4.78 is 44.6. The molecule has 0 radical (unpaired) electrons. The molecule has 1 amide bonds. The highest BCUT2D eigenvalue weighted by molar-refractivity contribution is 5.91. The van der Waals surface area contributed by atoms with Crippen molar-refractivity contribution >= 4 is 11.9 Å². The Kier molecular flexibility index (Phi) is 5.12. The van der Waals surface area contributed by atoms with Crippen LogP contribution in [0.3, 0.4) is 0 Å². The molecule has 0 unspecified atom stereocenters. The van der Waals surface area contributed by atoms with Gasteiger partial charge in [0.2, 0.25) is 0 Å². The molecule has 0 saturated heterocycles. The van der Waals surface area contributed by atoms with Gasteiger partial charge in [-0.05, 0) is 49.9 Å². The van der Waals surface area contributed by atoms with Gasteiger partial charge in [-0.2, -0.15) is 0 Å². The summed E-state index contributed by atoms with van der Waals surface area (Å²) in [5.74, 6) is -1.16. The number of rotatable bonds is 6. The number of hydrogen-bond acceptors (Lipinski definition) is 4. The normalized spacial score (nSPS) is 15.7. The van der Waals surface area contributed by atoms with E-state index in [1.165, 1.54) is 0 Å². The van der Waals surface area contributed by atoms with Crippen molar-refractivity contribution in [2.75, 3.05) is 6.61 Å². The third-order valence-electron chi connectivity index (χ3n) is 3.38. The third kappa shape index (κ3) is 5.80. The number of nitrogens with one attached hydrogen (secondary N) is 1. The SMILES string of the molecule is C[C@@H](NC(=O)COC(=O)c1ccc(OC(F)(F)F)cc1)C1CC1. The van der Waals surface area contributed by atoms with Crippen LogP contribution in [0.5, 0.6) is 5.75 Å². The number of carbonyl (C=O) groups excluding carboxylic acids is 2. The average Bonchev–Trinajstić information content (AvgIpc) is 3.28. The third-order valence-corrected chi connectivity index (χ3v) is 3.38. The molecule has 1 saturated carbocycles. The van der Waals surface area contributed by atoms with E-state index in [1.54, 1.807) is 0 Å². The molecule has 1 fully saturated rings. The number of hydrogen-bond donors (Lipinski definition) is 1. The van der Waals surface area contributed by atoms with Crippen LogP contribution in [0.4, 0.5) is 13.2 Å². The van der Waals surface area contributed by atoms with E-state index in [2.05, 4.69) is 10.1 Å². The van der Waals surface area contributed by atoms with Gasteiger partial charge in [0.1, 0.15) is 5.75 Å². The molecule has 1 aromatic carbocycles. The van der Waals surface area contributed by atoms with Crippen LogP contribution in [0.2, 0.25) is 0 Å². The van der Waals surface area contributed by atoms with Gasteiger partial charge in [0.05, 0.1) is 5.56 Å². The lowest BCUT2D eigenvalue weighted by Gasteiger charge is -2.13. The zero-order valence-corrected chi connectivity index (χ0v) is 12.4. The molecule has 0 bridgehead atoms. The lowest BCUT2D eigenvalue weighted by Crippen LogP contribution is -2.37. The highest BCUT2D eigenvalue weighted by Gasteiger charge is 2.31. The Morgan fingerprint density at radius 3 is 2.39 bits per heavy atom. The fourth-order valence-corrected chi connectivity index (χ4v) is 2.02. The zero-order valence-electron chi connectivity index (χ0n) is 12.4. The quantitative estimate of drug-likeness (QED) is 0.814. The Hall–Kier alpha value is -2.25. The lowest BCUT2D eigenvalue weighted by molar-refractivity contribution is -0.274. The van der Waals surface area contributed by atoms with E-state index in [-0.39, 0.29) is 11.6 Å². The first kappa shape index (κ1) is 17.1. The first-order valence-corrected chi connectivity index (χ1v) is 7.07. The van der Waals surface area contributed by atoms with Gasteiger partial charge in [0.25, 0.3) is 5.91 Å². The second-order valence-electron chi connectivity index (χ2n) is 5.34. The summed E-state index contributed by atoms with van der Waals surface area (Å²) >= 11 is 0. The fourth-order valence-electron chi connectivity index (χ4n) is 2.02. The Morgan fingerprint density at radius 2 is 1.87 bits per heavy atom. The minimum atomic E-state index is -4.79. The molecule has 8 heteroatoms. The zero-order chi connectivity index (χ0) is 17.0. The summed E-state index contributed by atoms with van der Waals surface area (Å²) in [6.45, 7) is 1.45. The van der Waals surface area contributed by atoms with Crippen LogP contribution in [0, 0.1) is 5.92 Å². The monoisotopic (exact) mass is 331 g/mol. The number of esters is 1. The Balaban J connectivity index is 1.79. The standard InChI is InChI=1S/C15H16F3NO4/c1-9(10-2-3-10)19-13(20)8-22-14(21)11-4-6-12(7-5-11)23-15(16,17)18/h4-7,9-10H,2-3,8H2,1H3,(H,19,20)/t9-/m1/s1. The van der Waals surface area contributed by atoms with Gasteiger partial charge < -0.3 is 14.8 Å². The summed E-state index contributed by atoms with van der Waals surface area (Å²) in [6, 6.07) is 4.31. The molecular weight excluding hydrogens is 315 g/mol. The van der Waals surface area contributed by atoms with E-state index in [4.69, 9.17) is 4.74 Å². The first-order valence-electron chi connectivity index (χ1n) is 7.07. The maximum Gasteiger partial charge on any atom is 0.573 e. The molecule has 1 N–H and O–H groups in total. The van der Waals surface area contributed by atoms with E-state index in [9.17, 15) is 22.8 Å². The molecule has 2 rings (SSSR count). The number of amides is 1. The molecule has 126 valence electrons. The largest absolute Gasteiger partial charge is 0.573 e. The molecule has 0 aromatic heterocycles. The summed E-state index contributed by atoms with van der Waals surface area (Å²) in [5, 5.41) is 2.72. The predicted octanol–water partition coefficient (Wildman–Crippen LogP) is 2.66. The topological polar surface area (TPSA) is 64.6 Å². The van der Waals surface area contributed by atoms with Crippen molar-refractivity contribution in [2.45, 2.75) is 32.2 Å². The van der Waals surface area contributed by atoms with Crippen molar-refractivity contribution in [2.24, 2.45) is 5.92 Å². The second-order valence-corrected chi connectivity index (χ2v) is 5.34. The number of halogens is 3. The van der Waals surface area contributed by atoms with Gasteiger partial charge >= 0.3 is 12.3 Å². The summed E-state index contributed by atoms with van der Waals surface area (Å²) in [7, 11) is 0. The van der Waals surface area contributed by atoms with Crippen LogP contribution in [0.25, 0.3) is 0 Å². The molecule has 0 spiro atoms. The molecule has 1 aliphatic carbocycles. The van der Waals surface area contributed by atoms with Crippen LogP contribution in [-0.4, -0.2) is 30.9 Å². The molecule has 1 aliphatic rings. The van der Waals surface area contributed by atoms with E-state index >= 15 is 0 Å². The Morgan fingerprint density at radius 1 is 1.26 bits per heavy atom. The smallest absolute Gasteiger partial charge is 0.452 e. The van der Waals surface area contributed by atoms with Crippen LogP contribution < -0.4 is 10.1 Å². The van der Waals surface area contributed by atoms with Crippen LogP contribution in [0.1, 0.15) is 30.1 Å². The maximum absolute atomic E-state index is 12.0. The van der Waals surface area contributed by atoms with Gasteiger partial charge in [0, 0.05) is 6.04 Å². The highest BCUT2D eigenvalue weighted by atomic mass is 19.4. The van der Waals surface area contributed by atoms with E-state index in [1.807, 2.05) is 6.92 Å². The molecule has 1 aromatic rings. The summed E-state index contributed by atoms with van der Waals surface area (Å²) in [4.78, 5) is 23.3. The van der Waals surface area contributed by atoms with E-state index in [0.717, 1.165) is 37.1 Å². The molecule has 0 aliphatic heterocycles. The van der Waals surface area contributed by atoms with Crippen LogP contribution >= 0.6 is 0 Å². The van der Waals surface area contributed by atoms with Crippen molar-refractivity contribution in [3.05, 3.63) is 29.8 Å². The fraction of sp³-hybridized carbons (Fsp3) is 0.467. The predicted molar refractivity (Wildman–Crippen MR) is 73.7 cm³/mol. The molecule has 0 heterocycles. The number of ether oxygens (including phenoxy) is 2.